The first kappa shape index (κ1) is 12.3. The van der Waals surface area contributed by atoms with Crippen molar-refractivity contribution in [1.82, 2.24) is 0 Å². The molecule has 6 heteroatoms. The van der Waals surface area contributed by atoms with Crippen LogP contribution >= 0.6 is 44.3 Å². The van der Waals surface area contributed by atoms with Crippen LogP contribution in [0.2, 0.25) is 13.1 Å². The SMILES string of the molecule is C[SiH2]Cl.C[Si](Cl)(Cl)Cl. The molecule has 0 heterocycles. The third-order valence-corrected chi connectivity index (χ3v) is 0. The van der Waals surface area contributed by atoms with E-state index in [2.05, 4.69) is 0 Å². The van der Waals surface area contributed by atoms with Gasteiger partial charge < -0.3 is 0 Å². The molecular weight excluding hydrogens is 222 g/mol. The van der Waals surface area contributed by atoms with Crippen LogP contribution < -0.4 is 0 Å². The van der Waals surface area contributed by atoms with Crippen LogP contribution in [-0.2, 0) is 0 Å². The molecule has 0 radical (unpaired) electrons. The molecule has 0 aromatic rings. The Balaban J connectivity index is 0. The molecular formula is C2H8Cl4Si2. The van der Waals surface area contributed by atoms with Crippen LogP contribution in [0.15, 0.2) is 0 Å². The lowest BCUT2D eigenvalue weighted by Crippen LogP contribution is -1.97. The van der Waals surface area contributed by atoms with Crippen LogP contribution in [-0.4, -0.2) is 14.8 Å². The van der Waals surface area contributed by atoms with Gasteiger partial charge in [-0.25, -0.2) is 0 Å². The molecule has 0 aliphatic rings. The monoisotopic (exact) mass is 228 g/mol. The average molecular weight is 230 g/mol. The first-order chi connectivity index (χ1) is 3.41. The van der Waals surface area contributed by atoms with Gasteiger partial charge >= 0.3 is 6.00 Å². The Hall–Kier alpha value is 1.59. The third-order valence-electron chi connectivity index (χ3n) is 0. The Kier molecular flexibility index (Phi) is 10.3. The highest BCUT2D eigenvalue weighted by Gasteiger charge is 2.13. The molecule has 0 aromatic carbocycles. The van der Waals surface area contributed by atoms with E-state index in [0.717, 1.165) is 0 Å². The van der Waals surface area contributed by atoms with E-state index < -0.39 is 6.00 Å². The van der Waals surface area contributed by atoms with Crippen molar-refractivity contribution in [3.8, 4) is 0 Å². The Morgan fingerprint density at radius 3 is 1.25 bits per heavy atom. The number of hydrogen-bond donors (Lipinski definition) is 0. The van der Waals surface area contributed by atoms with Crippen molar-refractivity contribution in [2.45, 2.75) is 13.1 Å². The topological polar surface area (TPSA) is 0 Å². The van der Waals surface area contributed by atoms with E-state index in [4.69, 9.17) is 44.3 Å². The van der Waals surface area contributed by atoms with Crippen molar-refractivity contribution in [2.75, 3.05) is 0 Å². The van der Waals surface area contributed by atoms with Gasteiger partial charge in [-0.15, -0.1) is 33.2 Å². The van der Waals surface area contributed by atoms with Crippen LogP contribution in [0, 0.1) is 0 Å². The van der Waals surface area contributed by atoms with Crippen molar-refractivity contribution in [2.24, 2.45) is 0 Å². The van der Waals surface area contributed by atoms with Crippen molar-refractivity contribution < 1.29 is 0 Å². The summed E-state index contributed by atoms with van der Waals surface area (Å²) in [5.74, 6) is 0. The fourth-order valence-electron chi connectivity index (χ4n) is 0. The maximum Gasteiger partial charge on any atom is 0.338 e. The minimum atomic E-state index is -2.19. The van der Waals surface area contributed by atoms with Crippen molar-refractivity contribution in [3.05, 3.63) is 0 Å². The predicted octanol–water partition coefficient (Wildman–Crippen LogP) is 2.63. The first-order valence-corrected chi connectivity index (χ1v) is 11.1. The number of halogens is 4. The van der Waals surface area contributed by atoms with E-state index in [1.54, 1.807) is 6.55 Å². The van der Waals surface area contributed by atoms with Gasteiger partial charge in [-0.3, -0.25) is 0 Å². The van der Waals surface area contributed by atoms with E-state index >= 15 is 0 Å². The minimum Gasteiger partial charge on any atom is -0.176 e. The summed E-state index contributed by atoms with van der Waals surface area (Å²) < 4.78 is 0. The fraction of sp³-hybridized carbons (Fsp3) is 1.00. The minimum absolute atomic E-state index is 0.111. The van der Waals surface area contributed by atoms with Crippen LogP contribution in [0.25, 0.3) is 0 Å². The zero-order chi connectivity index (χ0) is 7.21. The van der Waals surface area contributed by atoms with Gasteiger partial charge in [0, 0.05) is 0 Å². The number of rotatable bonds is 0. The van der Waals surface area contributed by atoms with E-state index in [9.17, 15) is 0 Å². The summed E-state index contributed by atoms with van der Waals surface area (Å²) in [5, 5.41) is 0. The molecule has 0 rings (SSSR count). The van der Waals surface area contributed by atoms with Crippen molar-refractivity contribution >= 4 is 59.1 Å². The molecule has 0 aromatic heterocycles. The van der Waals surface area contributed by atoms with E-state index in [1.165, 1.54) is 0 Å². The van der Waals surface area contributed by atoms with Gasteiger partial charge in [-0.2, -0.15) is 11.1 Å². The molecule has 8 heavy (non-hydrogen) atoms. The highest BCUT2D eigenvalue weighted by atomic mass is 35.8. The van der Waals surface area contributed by atoms with E-state index in [1.807, 2.05) is 6.55 Å². The van der Waals surface area contributed by atoms with Crippen LogP contribution in [0.1, 0.15) is 0 Å². The van der Waals surface area contributed by atoms with Gasteiger partial charge in [0.1, 0.15) is 8.83 Å². The average Bonchev–Trinajstić information content (AvgIpc) is 1.27. The van der Waals surface area contributed by atoms with Gasteiger partial charge in [0.2, 0.25) is 0 Å². The fourth-order valence-corrected chi connectivity index (χ4v) is 0. The van der Waals surface area contributed by atoms with Gasteiger partial charge in [0.25, 0.3) is 0 Å². The lowest BCUT2D eigenvalue weighted by Gasteiger charge is -1.89. The standard InChI is InChI=1S/CH3Cl3Si.CH5ClSi/c1-5(2,3)4;1-3-2/h1H3;3H2,1H3. The summed E-state index contributed by atoms with van der Waals surface area (Å²) in [4.78, 5) is 0. The molecule has 0 saturated carbocycles. The zero-order valence-corrected chi connectivity index (χ0v) is 10.2. The van der Waals surface area contributed by atoms with Gasteiger partial charge in [0.05, 0.1) is 0 Å². The van der Waals surface area contributed by atoms with Gasteiger partial charge in [-0.05, 0) is 6.55 Å². The van der Waals surface area contributed by atoms with Gasteiger partial charge in [-0.1, -0.05) is 6.55 Å². The number of hydrogen-bond acceptors (Lipinski definition) is 0. The van der Waals surface area contributed by atoms with Crippen molar-refractivity contribution in [1.29, 1.82) is 0 Å². The first-order valence-electron chi connectivity index (χ1n) is 2.04. The second-order valence-electron chi connectivity index (χ2n) is 1.05. The summed E-state index contributed by atoms with van der Waals surface area (Å²) >= 11 is 20.7. The lowest BCUT2D eigenvalue weighted by atomic mass is 11.9. The summed E-state index contributed by atoms with van der Waals surface area (Å²) in [6.45, 7) is 3.65. The molecule has 0 bridgehead atoms. The van der Waals surface area contributed by atoms with Crippen LogP contribution in [0.5, 0.6) is 0 Å². The molecule has 0 saturated heterocycles. The predicted molar refractivity (Wildman–Crippen MR) is 49.4 cm³/mol. The van der Waals surface area contributed by atoms with E-state index in [-0.39, 0.29) is 8.83 Å². The molecule has 0 spiro atoms. The Labute approximate surface area is 72.1 Å². The molecule has 0 amide bonds. The summed E-state index contributed by atoms with van der Waals surface area (Å²) in [5.41, 5.74) is 0. The Morgan fingerprint density at radius 2 is 1.25 bits per heavy atom. The molecule has 0 aliphatic carbocycles. The highest BCUT2D eigenvalue weighted by Crippen LogP contribution is 2.17. The summed E-state index contributed by atoms with van der Waals surface area (Å²) in [7, 11) is -0.111. The summed E-state index contributed by atoms with van der Waals surface area (Å²) in [6.07, 6.45) is 0. The Morgan fingerprint density at radius 1 is 1.25 bits per heavy atom. The molecule has 0 nitrogen and oxygen atoms in total. The van der Waals surface area contributed by atoms with E-state index in [0.29, 0.717) is 0 Å². The molecule has 0 aliphatic heterocycles. The maximum atomic E-state index is 5.20. The smallest absolute Gasteiger partial charge is 0.176 e. The van der Waals surface area contributed by atoms with Crippen LogP contribution in [0.3, 0.4) is 0 Å². The van der Waals surface area contributed by atoms with Crippen LogP contribution in [0.4, 0.5) is 0 Å². The molecule has 52 valence electrons. The van der Waals surface area contributed by atoms with Crippen molar-refractivity contribution in [3.63, 3.8) is 0 Å². The second-order valence-corrected chi connectivity index (χ2v) is 13.3. The maximum absolute atomic E-state index is 5.20. The highest BCUT2D eigenvalue weighted by molar-refractivity contribution is 7.64. The van der Waals surface area contributed by atoms with Gasteiger partial charge in [0.15, 0.2) is 0 Å². The molecule has 0 N–H and O–H groups in total. The largest absolute Gasteiger partial charge is 0.338 e. The second kappa shape index (κ2) is 6.71. The normalized spacial score (nSPS) is 11.2. The quantitative estimate of drug-likeness (QED) is 0.443. The summed E-state index contributed by atoms with van der Waals surface area (Å²) in [6, 6.07) is -2.19. The Bertz CT molecular complexity index is 35.8. The third kappa shape index (κ3) is 130. The molecule has 0 atom stereocenters. The zero-order valence-electron chi connectivity index (χ0n) is 4.72. The molecule has 0 fully saturated rings. The lowest BCUT2D eigenvalue weighted by molar-refractivity contribution is 2.31. The molecule has 0 unspecified atom stereocenters.